The van der Waals surface area contributed by atoms with Crippen LogP contribution in [0.1, 0.15) is 20.3 Å². The molecule has 4 heteroatoms. The van der Waals surface area contributed by atoms with Crippen molar-refractivity contribution in [2.45, 2.75) is 26.3 Å². The molecule has 0 unspecified atom stereocenters. The Labute approximate surface area is 86.0 Å². The van der Waals surface area contributed by atoms with Gasteiger partial charge in [-0.2, -0.15) is 0 Å². The smallest absolute Gasteiger partial charge is 0.228 e. The van der Waals surface area contributed by atoms with E-state index in [-0.39, 0.29) is 5.91 Å². The van der Waals surface area contributed by atoms with Gasteiger partial charge in [0.2, 0.25) is 5.91 Å². The van der Waals surface area contributed by atoms with Crippen molar-refractivity contribution in [2.75, 3.05) is 32.7 Å². The van der Waals surface area contributed by atoms with Crippen molar-refractivity contribution in [1.29, 1.82) is 0 Å². The second kappa shape index (κ2) is 5.32. The van der Waals surface area contributed by atoms with Crippen LogP contribution in [0.2, 0.25) is 0 Å². The number of rotatable bonds is 3. The van der Waals surface area contributed by atoms with Crippen molar-refractivity contribution in [2.24, 2.45) is 0 Å². The van der Waals surface area contributed by atoms with E-state index in [4.69, 9.17) is 0 Å². The summed E-state index contributed by atoms with van der Waals surface area (Å²) >= 11 is 0. The highest BCUT2D eigenvalue weighted by Crippen LogP contribution is 1.94. The molecule has 82 valence electrons. The summed E-state index contributed by atoms with van der Waals surface area (Å²) in [4.78, 5) is 15.1. The van der Waals surface area contributed by atoms with Gasteiger partial charge >= 0.3 is 0 Å². The summed E-state index contributed by atoms with van der Waals surface area (Å²) in [7, 11) is 0. The molecular formula is C10H23N3O+2. The lowest BCUT2D eigenvalue weighted by Gasteiger charge is -2.34. The maximum absolute atomic E-state index is 11.6. The number of hydrogen-bond acceptors (Lipinski definition) is 1. The molecule has 1 fully saturated rings. The van der Waals surface area contributed by atoms with Crippen molar-refractivity contribution in [3.05, 3.63) is 0 Å². The van der Waals surface area contributed by atoms with Crippen molar-refractivity contribution < 1.29 is 15.4 Å². The standard InChI is InChI=1S/C10H21N3O/c1-9(2)12-5-7-13(8-6-12)10(14)3-4-11/h9H,3-8,11H2,1-2H3/p+2. The highest BCUT2D eigenvalue weighted by molar-refractivity contribution is 5.76. The zero-order valence-electron chi connectivity index (χ0n) is 9.38. The quantitative estimate of drug-likeness (QED) is 0.533. The van der Waals surface area contributed by atoms with Crippen molar-refractivity contribution in [3.63, 3.8) is 0 Å². The normalized spacial score (nSPS) is 19.0. The third-order valence-corrected chi connectivity index (χ3v) is 2.97. The monoisotopic (exact) mass is 201 g/mol. The van der Waals surface area contributed by atoms with Crippen LogP contribution in [0.4, 0.5) is 0 Å². The molecule has 0 spiro atoms. The summed E-state index contributed by atoms with van der Waals surface area (Å²) < 4.78 is 0. The van der Waals surface area contributed by atoms with E-state index in [1.54, 1.807) is 4.90 Å². The van der Waals surface area contributed by atoms with Crippen molar-refractivity contribution >= 4 is 5.91 Å². The fourth-order valence-electron chi connectivity index (χ4n) is 1.93. The number of carbonyl (C=O) groups is 1. The van der Waals surface area contributed by atoms with Crippen molar-refractivity contribution in [3.8, 4) is 0 Å². The van der Waals surface area contributed by atoms with E-state index in [0.29, 0.717) is 12.5 Å². The minimum absolute atomic E-state index is 0.280. The van der Waals surface area contributed by atoms with Gasteiger partial charge in [-0.1, -0.05) is 0 Å². The maximum atomic E-state index is 11.6. The third-order valence-electron chi connectivity index (χ3n) is 2.97. The van der Waals surface area contributed by atoms with Crippen LogP contribution < -0.4 is 10.6 Å². The SMILES string of the molecule is CC(C)[NH+]1CCN(C(=O)CC[NH3+])CC1. The number of piperazine rings is 1. The van der Waals surface area contributed by atoms with Gasteiger partial charge in [0.05, 0.1) is 45.2 Å². The molecule has 0 atom stereocenters. The second-order valence-corrected chi connectivity index (χ2v) is 4.30. The lowest BCUT2D eigenvalue weighted by Crippen LogP contribution is -3.17. The average Bonchev–Trinajstić information content (AvgIpc) is 2.18. The molecule has 0 radical (unpaired) electrons. The predicted octanol–water partition coefficient (Wildman–Crippen LogP) is -2.25. The number of quaternary nitrogens is 2. The molecule has 1 amide bonds. The first kappa shape index (κ1) is 11.5. The van der Waals surface area contributed by atoms with Gasteiger partial charge in [0.25, 0.3) is 0 Å². The van der Waals surface area contributed by atoms with E-state index in [1.165, 1.54) is 0 Å². The largest absolute Gasteiger partial charge is 0.357 e. The fourth-order valence-corrected chi connectivity index (χ4v) is 1.93. The summed E-state index contributed by atoms with van der Waals surface area (Å²) in [6.45, 7) is 9.24. The van der Waals surface area contributed by atoms with Crippen LogP contribution in [0.5, 0.6) is 0 Å². The molecule has 1 saturated heterocycles. The Balaban J connectivity index is 2.31. The minimum atomic E-state index is 0.280. The lowest BCUT2D eigenvalue weighted by molar-refractivity contribution is -0.925. The number of nitrogens with zero attached hydrogens (tertiary/aromatic N) is 1. The van der Waals surface area contributed by atoms with E-state index >= 15 is 0 Å². The van der Waals surface area contributed by atoms with E-state index in [2.05, 4.69) is 19.6 Å². The summed E-state index contributed by atoms with van der Waals surface area (Å²) in [5.74, 6) is 0.280. The zero-order chi connectivity index (χ0) is 10.6. The molecule has 0 aromatic carbocycles. The number of nitrogens with one attached hydrogen (secondary N) is 1. The number of hydrogen-bond donors (Lipinski definition) is 2. The van der Waals surface area contributed by atoms with E-state index in [1.807, 2.05) is 4.90 Å². The number of carbonyl (C=O) groups excluding carboxylic acids is 1. The molecule has 0 aromatic heterocycles. The Bertz CT molecular complexity index is 186. The Morgan fingerprint density at radius 3 is 2.43 bits per heavy atom. The second-order valence-electron chi connectivity index (χ2n) is 4.30. The van der Waals surface area contributed by atoms with Gasteiger partial charge < -0.3 is 15.5 Å². The molecule has 14 heavy (non-hydrogen) atoms. The Hall–Kier alpha value is -0.610. The van der Waals surface area contributed by atoms with Gasteiger partial charge in [-0.05, 0) is 13.8 Å². The van der Waals surface area contributed by atoms with Crippen LogP contribution >= 0.6 is 0 Å². The molecule has 1 rings (SSSR count). The predicted molar refractivity (Wildman–Crippen MR) is 54.8 cm³/mol. The zero-order valence-corrected chi connectivity index (χ0v) is 9.38. The van der Waals surface area contributed by atoms with Crippen LogP contribution in [-0.4, -0.2) is 49.6 Å². The molecule has 1 aliphatic rings. The first-order valence-corrected chi connectivity index (χ1v) is 5.56. The van der Waals surface area contributed by atoms with E-state index in [0.717, 1.165) is 32.7 Å². The molecular weight excluding hydrogens is 178 g/mol. The summed E-state index contributed by atoms with van der Waals surface area (Å²) in [5, 5.41) is 0. The number of amides is 1. The van der Waals surface area contributed by atoms with Gasteiger partial charge in [0.1, 0.15) is 0 Å². The lowest BCUT2D eigenvalue weighted by atomic mass is 10.2. The third kappa shape index (κ3) is 2.96. The first-order valence-electron chi connectivity index (χ1n) is 5.56. The molecule has 4 N–H and O–H groups in total. The van der Waals surface area contributed by atoms with Crippen molar-refractivity contribution in [1.82, 2.24) is 4.90 Å². The topological polar surface area (TPSA) is 52.4 Å². The van der Waals surface area contributed by atoms with Gasteiger partial charge in [-0.25, -0.2) is 0 Å². The van der Waals surface area contributed by atoms with Crippen LogP contribution in [0.3, 0.4) is 0 Å². The van der Waals surface area contributed by atoms with Crippen LogP contribution in [0.15, 0.2) is 0 Å². The Morgan fingerprint density at radius 1 is 1.43 bits per heavy atom. The average molecular weight is 201 g/mol. The molecule has 0 bridgehead atoms. The van der Waals surface area contributed by atoms with Gasteiger partial charge in [0, 0.05) is 0 Å². The van der Waals surface area contributed by atoms with E-state index < -0.39 is 0 Å². The van der Waals surface area contributed by atoms with Crippen LogP contribution in [-0.2, 0) is 4.79 Å². The molecule has 1 heterocycles. The Kier molecular flexibility index (Phi) is 4.35. The van der Waals surface area contributed by atoms with Crippen LogP contribution in [0.25, 0.3) is 0 Å². The Morgan fingerprint density at radius 2 is 2.00 bits per heavy atom. The maximum Gasteiger partial charge on any atom is 0.228 e. The van der Waals surface area contributed by atoms with Crippen LogP contribution in [0, 0.1) is 0 Å². The minimum Gasteiger partial charge on any atom is -0.357 e. The molecule has 0 saturated carbocycles. The highest BCUT2D eigenvalue weighted by atomic mass is 16.2. The van der Waals surface area contributed by atoms with Gasteiger partial charge in [-0.3, -0.25) is 4.79 Å². The summed E-state index contributed by atoms with van der Waals surface area (Å²) in [6.07, 6.45) is 0.608. The highest BCUT2D eigenvalue weighted by Gasteiger charge is 2.24. The molecule has 0 aromatic rings. The van der Waals surface area contributed by atoms with E-state index in [9.17, 15) is 4.79 Å². The first-order chi connectivity index (χ1) is 6.65. The molecule has 0 aliphatic carbocycles. The molecule has 1 aliphatic heterocycles. The van der Waals surface area contributed by atoms with Gasteiger partial charge in [0.15, 0.2) is 0 Å². The molecule has 4 nitrogen and oxygen atoms in total. The summed E-state index contributed by atoms with van der Waals surface area (Å²) in [6, 6.07) is 0.681. The summed E-state index contributed by atoms with van der Waals surface area (Å²) in [5.41, 5.74) is 3.71. The fraction of sp³-hybridized carbons (Fsp3) is 0.900. The van der Waals surface area contributed by atoms with Gasteiger partial charge in [-0.15, -0.1) is 0 Å².